The molecule has 1 aliphatic rings. The van der Waals surface area contributed by atoms with Crippen molar-refractivity contribution in [3.63, 3.8) is 0 Å². The van der Waals surface area contributed by atoms with E-state index in [0.29, 0.717) is 11.5 Å². The first-order valence-corrected chi connectivity index (χ1v) is 5.43. The van der Waals surface area contributed by atoms with Crippen molar-refractivity contribution in [2.45, 2.75) is 19.3 Å². The molecule has 5 nitrogen and oxygen atoms in total. The number of nitrogen functional groups attached to an aromatic ring is 1. The van der Waals surface area contributed by atoms with E-state index >= 15 is 0 Å². The van der Waals surface area contributed by atoms with E-state index in [-0.39, 0.29) is 5.28 Å². The molecule has 0 saturated carbocycles. The van der Waals surface area contributed by atoms with Crippen LogP contribution in [-0.4, -0.2) is 28.1 Å². The van der Waals surface area contributed by atoms with Gasteiger partial charge in [-0.1, -0.05) is 6.42 Å². The molecule has 1 saturated heterocycles. The van der Waals surface area contributed by atoms with Gasteiger partial charge in [0.05, 0.1) is 11.9 Å². The lowest BCUT2D eigenvalue weighted by molar-refractivity contribution is 0.272. The second-order valence-corrected chi connectivity index (χ2v) is 3.94. The van der Waals surface area contributed by atoms with Crippen molar-refractivity contribution in [3.8, 4) is 0 Å². The molecule has 2 rings (SSSR count). The zero-order chi connectivity index (χ0) is 10.7. The fraction of sp³-hybridized carbons (Fsp3) is 0.556. The second kappa shape index (κ2) is 4.63. The number of rotatable bonds is 2. The Morgan fingerprint density at radius 3 is 2.80 bits per heavy atom. The van der Waals surface area contributed by atoms with E-state index in [1.54, 1.807) is 0 Å². The fourth-order valence-corrected chi connectivity index (χ4v) is 1.75. The summed E-state index contributed by atoms with van der Waals surface area (Å²) in [7, 11) is 0. The number of aromatic nitrogens is 2. The Morgan fingerprint density at radius 1 is 1.33 bits per heavy atom. The Kier molecular flexibility index (Phi) is 3.23. The van der Waals surface area contributed by atoms with E-state index in [2.05, 4.69) is 20.4 Å². The number of hydrazine groups is 1. The monoisotopic (exact) mass is 227 g/mol. The van der Waals surface area contributed by atoms with Crippen LogP contribution in [0.2, 0.25) is 5.28 Å². The molecule has 0 bridgehead atoms. The van der Waals surface area contributed by atoms with Crippen LogP contribution in [0.4, 0.5) is 11.5 Å². The number of hydrogen-bond acceptors (Lipinski definition) is 5. The highest BCUT2D eigenvalue weighted by Gasteiger charge is 2.12. The van der Waals surface area contributed by atoms with Gasteiger partial charge in [0.2, 0.25) is 5.28 Å². The van der Waals surface area contributed by atoms with Gasteiger partial charge in [-0.05, 0) is 24.4 Å². The van der Waals surface area contributed by atoms with Crippen LogP contribution in [0.1, 0.15) is 19.3 Å². The maximum Gasteiger partial charge on any atom is 0.224 e. The highest BCUT2D eigenvalue weighted by atomic mass is 35.5. The molecule has 1 fully saturated rings. The van der Waals surface area contributed by atoms with Gasteiger partial charge in [0, 0.05) is 13.1 Å². The molecular formula is C9H14ClN5. The molecule has 2 heterocycles. The topological polar surface area (TPSA) is 67.1 Å². The number of nitrogens with one attached hydrogen (secondary N) is 1. The van der Waals surface area contributed by atoms with Crippen LogP contribution in [-0.2, 0) is 0 Å². The van der Waals surface area contributed by atoms with Crippen molar-refractivity contribution >= 4 is 23.1 Å². The summed E-state index contributed by atoms with van der Waals surface area (Å²) < 4.78 is 0. The summed E-state index contributed by atoms with van der Waals surface area (Å²) in [6.07, 6.45) is 5.21. The maximum absolute atomic E-state index is 5.73. The highest BCUT2D eigenvalue weighted by Crippen LogP contribution is 2.18. The van der Waals surface area contributed by atoms with Gasteiger partial charge in [0.25, 0.3) is 0 Å². The maximum atomic E-state index is 5.73. The molecule has 3 N–H and O–H groups in total. The minimum absolute atomic E-state index is 0.212. The summed E-state index contributed by atoms with van der Waals surface area (Å²) in [6.45, 7) is 2.03. The van der Waals surface area contributed by atoms with Gasteiger partial charge in [-0.15, -0.1) is 0 Å². The van der Waals surface area contributed by atoms with Crippen LogP contribution in [0, 0.1) is 0 Å². The van der Waals surface area contributed by atoms with E-state index in [9.17, 15) is 0 Å². The minimum Gasteiger partial charge on any atom is -0.394 e. The Balaban J connectivity index is 2.05. The van der Waals surface area contributed by atoms with Crippen LogP contribution in [0.3, 0.4) is 0 Å². The summed E-state index contributed by atoms with van der Waals surface area (Å²) >= 11 is 5.70. The molecule has 1 aromatic heterocycles. The van der Waals surface area contributed by atoms with E-state index < -0.39 is 0 Å². The van der Waals surface area contributed by atoms with Crippen LogP contribution >= 0.6 is 11.6 Å². The van der Waals surface area contributed by atoms with Crippen molar-refractivity contribution in [2.75, 3.05) is 24.2 Å². The number of nitrogens with two attached hydrogens (primary N) is 1. The molecule has 82 valence electrons. The van der Waals surface area contributed by atoms with Gasteiger partial charge < -0.3 is 11.2 Å². The molecule has 0 amide bonds. The van der Waals surface area contributed by atoms with E-state index in [0.717, 1.165) is 13.1 Å². The predicted molar refractivity (Wildman–Crippen MR) is 60.5 cm³/mol. The molecule has 15 heavy (non-hydrogen) atoms. The summed E-state index contributed by atoms with van der Waals surface area (Å²) in [5.74, 6) is 0.594. The summed E-state index contributed by atoms with van der Waals surface area (Å²) in [6, 6.07) is 0. The lowest BCUT2D eigenvalue weighted by Crippen LogP contribution is -2.35. The van der Waals surface area contributed by atoms with Gasteiger partial charge >= 0.3 is 0 Å². The first kappa shape index (κ1) is 10.4. The number of nitrogens with zero attached hydrogens (tertiary/aromatic N) is 3. The van der Waals surface area contributed by atoms with Gasteiger partial charge in [0.1, 0.15) is 0 Å². The summed E-state index contributed by atoms with van der Waals surface area (Å²) in [5.41, 5.74) is 9.42. The van der Waals surface area contributed by atoms with Crippen LogP contribution in [0.25, 0.3) is 0 Å². The van der Waals surface area contributed by atoms with Crippen LogP contribution in [0.15, 0.2) is 6.20 Å². The lowest BCUT2D eigenvalue weighted by Gasteiger charge is -2.27. The average molecular weight is 228 g/mol. The molecular weight excluding hydrogens is 214 g/mol. The normalized spacial score (nSPS) is 17.7. The molecule has 1 aliphatic heterocycles. The molecule has 0 atom stereocenters. The largest absolute Gasteiger partial charge is 0.394 e. The summed E-state index contributed by atoms with van der Waals surface area (Å²) in [4.78, 5) is 7.85. The van der Waals surface area contributed by atoms with Gasteiger partial charge in [0.15, 0.2) is 5.82 Å². The number of halogens is 1. The Hall–Kier alpha value is -1.07. The van der Waals surface area contributed by atoms with Crippen molar-refractivity contribution in [1.82, 2.24) is 15.0 Å². The molecule has 6 heteroatoms. The third kappa shape index (κ3) is 2.70. The minimum atomic E-state index is 0.212. The average Bonchev–Trinajstić information content (AvgIpc) is 2.25. The number of anilines is 2. The van der Waals surface area contributed by atoms with Crippen molar-refractivity contribution in [2.24, 2.45) is 0 Å². The van der Waals surface area contributed by atoms with Crippen molar-refractivity contribution < 1.29 is 0 Å². The molecule has 0 aliphatic carbocycles. The lowest BCUT2D eigenvalue weighted by atomic mass is 10.2. The van der Waals surface area contributed by atoms with Gasteiger partial charge in [-0.25, -0.2) is 9.99 Å². The molecule has 0 unspecified atom stereocenters. The highest BCUT2D eigenvalue weighted by molar-refractivity contribution is 6.28. The first-order valence-electron chi connectivity index (χ1n) is 5.05. The SMILES string of the molecule is Nc1cnc(Cl)nc1NN1CCCCC1. The Morgan fingerprint density at radius 2 is 2.07 bits per heavy atom. The Labute approximate surface area is 93.6 Å². The third-order valence-corrected chi connectivity index (χ3v) is 2.59. The van der Waals surface area contributed by atoms with Gasteiger partial charge in [-0.2, -0.15) is 4.98 Å². The quantitative estimate of drug-likeness (QED) is 0.750. The van der Waals surface area contributed by atoms with Crippen molar-refractivity contribution in [1.29, 1.82) is 0 Å². The fourth-order valence-electron chi connectivity index (χ4n) is 1.61. The van der Waals surface area contributed by atoms with Crippen LogP contribution in [0.5, 0.6) is 0 Å². The second-order valence-electron chi connectivity index (χ2n) is 3.60. The smallest absolute Gasteiger partial charge is 0.224 e. The zero-order valence-corrected chi connectivity index (χ0v) is 9.17. The molecule has 1 aromatic rings. The van der Waals surface area contributed by atoms with E-state index in [1.165, 1.54) is 25.5 Å². The molecule has 0 aromatic carbocycles. The van der Waals surface area contributed by atoms with Crippen molar-refractivity contribution in [3.05, 3.63) is 11.5 Å². The van der Waals surface area contributed by atoms with Crippen LogP contribution < -0.4 is 11.2 Å². The van der Waals surface area contributed by atoms with E-state index in [1.807, 2.05) is 0 Å². The predicted octanol–water partition coefficient (Wildman–Crippen LogP) is 1.53. The number of hydrogen-bond donors (Lipinski definition) is 2. The third-order valence-electron chi connectivity index (χ3n) is 2.41. The zero-order valence-electron chi connectivity index (χ0n) is 8.41. The standard InChI is InChI=1S/C9H14ClN5/c10-9-12-6-7(11)8(13-9)14-15-4-2-1-3-5-15/h6H,1-5,11H2,(H,12,13,14). The first-order chi connectivity index (χ1) is 7.25. The molecule has 0 radical (unpaired) electrons. The Bertz CT molecular complexity index is 337. The van der Waals surface area contributed by atoms with Gasteiger partial charge in [-0.3, -0.25) is 0 Å². The number of piperidine rings is 1. The molecule has 0 spiro atoms. The summed E-state index contributed by atoms with van der Waals surface area (Å²) in [5, 5.41) is 2.32. The van der Waals surface area contributed by atoms with E-state index in [4.69, 9.17) is 17.3 Å².